The summed E-state index contributed by atoms with van der Waals surface area (Å²) in [5.74, 6) is -1.09. The van der Waals surface area contributed by atoms with E-state index in [9.17, 15) is 17.6 Å². The average molecular weight is 434 g/mol. The van der Waals surface area contributed by atoms with Crippen molar-refractivity contribution in [1.82, 2.24) is 4.72 Å². The highest BCUT2D eigenvalue weighted by Crippen LogP contribution is 2.40. The van der Waals surface area contributed by atoms with Crippen LogP contribution in [-0.2, 0) is 14.8 Å². The number of halogens is 2. The second-order valence-electron chi connectivity index (χ2n) is 6.92. The summed E-state index contributed by atoms with van der Waals surface area (Å²) >= 11 is 5.94. The highest BCUT2D eigenvalue weighted by Gasteiger charge is 2.26. The molecule has 0 fully saturated rings. The molecule has 1 amide bonds. The van der Waals surface area contributed by atoms with Gasteiger partial charge in [-0.1, -0.05) is 48.0 Å². The Morgan fingerprint density at radius 3 is 2.28 bits per heavy atom. The molecular formula is C22H21ClFNO3S. The van der Waals surface area contributed by atoms with E-state index in [2.05, 4.69) is 6.58 Å². The molecule has 0 aliphatic heterocycles. The molecule has 1 N–H and O–H groups in total. The van der Waals surface area contributed by atoms with E-state index in [0.717, 1.165) is 48.5 Å². The van der Waals surface area contributed by atoms with Gasteiger partial charge >= 0.3 is 0 Å². The Hall–Kier alpha value is -2.44. The van der Waals surface area contributed by atoms with Crippen LogP contribution in [0.3, 0.4) is 0 Å². The molecule has 1 aliphatic carbocycles. The fraction of sp³-hybridized carbons (Fsp3) is 0.227. The third-order valence-corrected chi connectivity index (χ3v) is 6.90. The Balaban J connectivity index is 1.95. The molecule has 0 aromatic heterocycles. The summed E-state index contributed by atoms with van der Waals surface area (Å²) in [6, 6.07) is 11.9. The van der Waals surface area contributed by atoms with Crippen molar-refractivity contribution in [3.63, 3.8) is 0 Å². The van der Waals surface area contributed by atoms with Gasteiger partial charge in [-0.15, -0.1) is 6.58 Å². The second-order valence-corrected chi connectivity index (χ2v) is 9.13. The van der Waals surface area contributed by atoms with Gasteiger partial charge in [-0.3, -0.25) is 9.52 Å². The lowest BCUT2D eigenvalue weighted by Gasteiger charge is -2.15. The molecule has 29 heavy (non-hydrogen) atoms. The van der Waals surface area contributed by atoms with Crippen LogP contribution in [0, 0.1) is 5.82 Å². The number of nitrogens with one attached hydrogen (secondary N) is 1. The topological polar surface area (TPSA) is 63.2 Å². The number of benzene rings is 2. The smallest absolute Gasteiger partial charge is 0.245 e. The fourth-order valence-electron chi connectivity index (χ4n) is 3.64. The van der Waals surface area contributed by atoms with Crippen molar-refractivity contribution in [2.75, 3.05) is 0 Å². The van der Waals surface area contributed by atoms with E-state index in [4.69, 9.17) is 11.6 Å². The normalized spacial score (nSPS) is 15.3. The molecule has 4 nitrogen and oxygen atoms in total. The first kappa shape index (κ1) is 21.3. The van der Waals surface area contributed by atoms with Crippen molar-refractivity contribution in [3.8, 4) is 0 Å². The molecule has 0 radical (unpaired) electrons. The van der Waals surface area contributed by atoms with E-state index < -0.39 is 27.0 Å². The van der Waals surface area contributed by atoms with Crippen LogP contribution in [0.4, 0.5) is 4.39 Å². The summed E-state index contributed by atoms with van der Waals surface area (Å²) in [4.78, 5) is 11.2. The zero-order chi connectivity index (χ0) is 21.2. The van der Waals surface area contributed by atoms with Gasteiger partial charge in [-0.2, -0.15) is 0 Å². The molecule has 0 heterocycles. The summed E-state index contributed by atoms with van der Waals surface area (Å²) in [6.45, 7) is 4.74. The largest absolute Gasteiger partial charge is 0.274 e. The molecule has 1 atom stereocenters. The first-order valence-corrected chi connectivity index (χ1v) is 11.1. The molecule has 0 saturated carbocycles. The van der Waals surface area contributed by atoms with Crippen LogP contribution < -0.4 is 4.72 Å². The first-order valence-electron chi connectivity index (χ1n) is 9.15. The number of amides is 1. The van der Waals surface area contributed by atoms with Gasteiger partial charge in [0.05, 0.1) is 5.02 Å². The van der Waals surface area contributed by atoms with Crippen molar-refractivity contribution < 1.29 is 17.6 Å². The van der Waals surface area contributed by atoms with E-state index in [0.29, 0.717) is 5.56 Å². The minimum absolute atomic E-state index is 0.0913. The molecule has 1 unspecified atom stereocenters. The Morgan fingerprint density at radius 1 is 1.14 bits per heavy atom. The van der Waals surface area contributed by atoms with E-state index >= 15 is 0 Å². The minimum Gasteiger partial charge on any atom is -0.274 e. The number of hydrogen-bond acceptors (Lipinski definition) is 3. The van der Waals surface area contributed by atoms with E-state index in [1.165, 1.54) is 12.1 Å². The quantitative estimate of drug-likeness (QED) is 0.631. The van der Waals surface area contributed by atoms with Crippen molar-refractivity contribution in [2.45, 2.75) is 31.4 Å². The number of carbonyl (C=O) groups excluding carboxylic acids is 1. The third kappa shape index (κ3) is 4.60. The predicted molar refractivity (Wildman–Crippen MR) is 114 cm³/mol. The Labute approximate surface area is 175 Å². The number of rotatable bonds is 6. The van der Waals surface area contributed by atoms with Crippen molar-refractivity contribution in [3.05, 3.63) is 82.6 Å². The third-order valence-electron chi connectivity index (χ3n) is 4.91. The van der Waals surface area contributed by atoms with Crippen LogP contribution in [0.2, 0.25) is 5.02 Å². The van der Waals surface area contributed by atoms with E-state index in [1.807, 2.05) is 16.9 Å². The van der Waals surface area contributed by atoms with Crippen molar-refractivity contribution in [1.29, 1.82) is 0 Å². The SMILES string of the molecule is C=CC(c1ccc(C2=C(c3ccc(F)c(Cl)c3)CCC2)cc1)S(=O)(=O)NC(C)=O. The van der Waals surface area contributed by atoms with Gasteiger partial charge in [-0.25, -0.2) is 12.8 Å². The molecule has 2 aromatic rings. The first-order chi connectivity index (χ1) is 13.7. The van der Waals surface area contributed by atoms with Crippen LogP contribution in [0.25, 0.3) is 11.1 Å². The molecule has 1 aliphatic rings. The zero-order valence-electron chi connectivity index (χ0n) is 15.9. The lowest BCUT2D eigenvalue weighted by atomic mass is 9.96. The monoisotopic (exact) mass is 433 g/mol. The summed E-state index contributed by atoms with van der Waals surface area (Å²) in [6.07, 6.45) is 4.01. The van der Waals surface area contributed by atoms with Crippen LogP contribution >= 0.6 is 11.6 Å². The van der Waals surface area contributed by atoms with Crippen LogP contribution in [-0.4, -0.2) is 14.3 Å². The highest BCUT2D eigenvalue weighted by molar-refractivity contribution is 7.90. The van der Waals surface area contributed by atoms with E-state index in [-0.39, 0.29) is 5.02 Å². The standard InChI is InChI=1S/C22H21ClFNO3S/c1-3-22(29(27,28)25-14(2)26)16-9-7-15(8-10-16)18-5-4-6-19(18)17-11-12-21(24)20(23)13-17/h3,7-13,22H,1,4-6H2,2H3,(H,25,26). The highest BCUT2D eigenvalue weighted by atomic mass is 35.5. The Bertz CT molecular complexity index is 1090. The number of hydrogen-bond donors (Lipinski definition) is 1. The summed E-state index contributed by atoms with van der Waals surface area (Å²) in [5, 5.41) is -0.943. The van der Waals surface area contributed by atoms with Crippen molar-refractivity contribution >= 4 is 38.7 Å². The maximum absolute atomic E-state index is 13.5. The fourth-order valence-corrected chi connectivity index (χ4v) is 5.12. The lowest BCUT2D eigenvalue weighted by Crippen LogP contribution is -2.32. The van der Waals surface area contributed by atoms with Crippen LogP contribution in [0.1, 0.15) is 48.1 Å². The molecule has 0 saturated heterocycles. The van der Waals surface area contributed by atoms with Gasteiger partial charge in [-0.05, 0) is 59.2 Å². The summed E-state index contributed by atoms with van der Waals surface area (Å²) < 4.78 is 40.2. The summed E-state index contributed by atoms with van der Waals surface area (Å²) in [5.41, 5.74) is 4.64. The van der Waals surface area contributed by atoms with Crippen LogP contribution in [0.15, 0.2) is 55.1 Å². The molecule has 0 bridgehead atoms. The molecule has 7 heteroatoms. The van der Waals surface area contributed by atoms with Crippen LogP contribution in [0.5, 0.6) is 0 Å². The van der Waals surface area contributed by atoms with Gasteiger partial charge in [0, 0.05) is 6.92 Å². The average Bonchev–Trinajstić information content (AvgIpc) is 3.13. The maximum Gasteiger partial charge on any atom is 0.245 e. The van der Waals surface area contributed by atoms with E-state index in [1.54, 1.807) is 24.3 Å². The lowest BCUT2D eigenvalue weighted by molar-refractivity contribution is -0.117. The van der Waals surface area contributed by atoms with Gasteiger partial charge in [0.1, 0.15) is 11.1 Å². The predicted octanol–water partition coefficient (Wildman–Crippen LogP) is 5.27. The number of allylic oxidation sites excluding steroid dienone is 2. The van der Waals surface area contributed by atoms with Gasteiger partial charge < -0.3 is 0 Å². The maximum atomic E-state index is 13.5. The molecular weight excluding hydrogens is 413 g/mol. The van der Waals surface area contributed by atoms with Gasteiger partial charge in [0.25, 0.3) is 0 Å². The Kier molecular flexibility index (Phi) is 6.24. The van der Waals surface area contributed by atoms with Crippen molar-refractivity contribution in [2.24, 2.45) is 0 Å². The molecule has 2 aromatic carbocycles. The molecule has 0 spiro atoms. The number of sulfonamides is 1. The summed E-state index contributed by atoms with van der Waals surface area (Å²) in [7, 11) is -3.90. The number of carbonyl (C=O) groups is 1. The minimum atomic E-state index is -3.90. The zero-order valence-corrected chi connectivity index (χ0v) is 17.5. The second kappa shape index (κ2) is 8.51. The molecule has 152 valence electrons. The van der Waals surface area contributed by atoms with Gasteiger partial charge in [0.15, 0.2) is 0 Å². The van der Waals surface area contributed by atoms with Gasteiger partial charge in [0.2, 0.25) is 15.9 Å². The Morgan fingerprint density at radius 2 is 1.72 bits per heavy atom. The molecule has 3 rings (SSSR count).